The van der Waals surface area contributed by atoms with Crippen LogP contribution in [0.2, 0.25) is 0 Å². The van der Waals surface area contributed by atoms with Gasteiger partial charge in [0.05, 0.1) is 22.5 Å². The second-order valence-corrected chi connectivity index (χ2v) is 8.22. The largest absolute Gasteiger partial charge is 0.478 e. The number of aliphatic carboxylic acids is 1. The van der Waals surface area contributed by atoms with Crippen molar-refractivity contribution < 1.29 is 33.7 Å². The van der Waals surface area contributed by atoms with E-state index in [9.17, 15) is 19.5 Å². The zero-order valence-corrected chi connectivity index (χ0v) is 18.7. The van der Waals surface area contributed by atoms with Crippen LogP contribution < -0.4 is 0 Å². The van der Waals surface area contributed by atoms with E-state index in [1.165, 1.54) is 7.11 Å². The molecule has 1 aliphatic heterocycles. The highest BCUT2D eigenvalue weighted by molar-refractivity contribution is 5.99. The first-order valence-electron chi connectivity index (χ1n) is 9.81. The number of hydrogen-bond donors (Lipinski definition) is 1. The number of carboxylic acid groups (broad SMARTS) is 1. The van der Waals surface area contributed by atoms with E-state index in [2.05, 4.69) is 0 Å². The SMILES string of the molecule is COCN1C(C)=C(C(=O)O)C(c2ccccc2)C(C(=O)OCOC(=O)C(C)(C)C)=C1C. The maximum Gasteiger partial charge on any atom is 0.339 e. The lowest BCUT2D eigenvalue weighted by atomic mass is 9.80. The second-order valence-electron chi connectivity index (χ2n) is 8.22. The summed E-state index contributed by atoms with van der Waals surface area (Å²) in [5.74, 6) is -3.28. The second kappa shape index (κ2) is 9.78. The molecule has 0 aliphatic carbocycles. The van der Waals surface area contributed by atoms with Gasteiger partial charge in [-0.2, -0.15) is 0 Å². The summed E-state index contributed by atoms with van der Waals surface area (Å²) < 4.78 is 15.5. The molecule has 0 spiro atoms. The van der Waals surface area contributed by atoms with Gasteiger partial charge in [-0.25, -0.2) is 9.59 Å². The van der Waals surface area contributed by atoms with Crippen LogP contribution in [0, 0.1) is 5.41 Å². The van der Waals surface area contributed by atoms with Gasteiger partial charge in [0, 0.05) is 18.5 Å². The molecule has 0 bridgehead atoms. The zero-order valence-electron chi connectivity index (χ0n) is 18.7. The molecule has 0 aromatic heterocycles. The number of rotatable bonds is 7. The summed E-state index contributed by atoms with van der Waals surface area (Å²) in [5, 5.41) is 9.98. The van der Waals surface area contributed by atoms with Crippen LogP contribution in [0.25, 0.3) is 0 Å². The Labute approximate surface area is 182 Å². The molecule has 0 saturated heterocycles. The van der Waals surface area contributed by atoms with Gasteiger partial charge in [-0.15, -0.1) is 0 Å². The predicted octanol–water partition coefficient (Wildman–Crippen LogP) is 3.41. The van der Waals surface area contributed by atoms with Crippen molar-refractivity contribution in [3.05, 3.63) is 58.4 Å². The molecule has 0 amide bonds. The molecule has 1 unspecified atom stereocenters. The topological polar surface area (TPSA) is 102 Å². The summed E-state index contributed by atoms with van der Waals surface area (Å²) in [6.07, 6.45) is 0. The van der Waals surface area contributed by atoms with Gasteiger partial charge >= 0.3 is 17.9 Å². The highest BCUT2D eigenvalue weighted by Gasteiger charge is 2.40. The van der Waals surface area contributed by atoms with Crippen molar-refractivity contribution in [3.63, 3.8) is 0 Å². The lowest BCUT2D eigenvalue weighted by molar-refractivity contribution is -0.171. The number of nitrogens with zero attached hydrogens (tertiary/aromatic N) is 1. The standard InChI is InChI=1S/C23H29NO7/c1-14-17(20(25)26)19(16-10-8-7-9-11-16)18(15(2)24(14)12-29-6)21(27)30-13-31-22(28)23(3,4)5/h7-11,19H,12-13H2,1-6H3,(H,25,26). The number of carbonyl (C=O) groups is 3. The Hall–Kier alpha value is -3.13. The fourth-order valence-corrected chi connectivity index (χ4v) is 3.38. The summed E-state index contributed by atoms with van der Waals surface area (Å²) in [5.41, 5.74) is 1.06. The first kappa shape index (κ1) is 24.1. The van der Waals surface area contributed by atoms with Gasteiger partial charge < -0.3 is 24.2 Å². The molecule has 2 rings (SSSR count). The van der Waals surface area contributed by atoms with Crippen molar-refractivity contribution in [1.82, 2.24) is 4.90 Å². The maximum atomic E-state index is 13.1. The minimum Gasteiger partial charge on any atom is -0.478 e. The molecule has 1 heterocycles. The Morgan fingerprint density at radius 3 is 2.10 bits per heavy atom. The summed E-state index contributed by atoms with van der Waals surface area (Å²) in [7, 11) is 1.48. The van der Waals surface area contributed by atoms with Gasteiger partial charge in [-0.05, 0) is 40.2 Å². The number of benzene rings is 1. The Morgan fingerprint density at radius 2 is 1.58 bits per heavy atom. The minimum absolute atomic E-state index is 0.0486. The minimum atomic E-state index is -1.15. The molecule has 0 fully saturated rings. The smallest absolute Gasteiger partial charge is 0.339 e. The number of ether oxygens (including phenoxy) is 3. The molecule has 1 aromatic rings. The van der Waals surface area contributed by atoms with E-state index >= 15 is 0 Å². The Balaban J connectivity index is 2.47. The van der Waals surface area contributed by atoms with Crippen LogP contribution in [0.3, 0.4) is 0 Å². The average Bonchev–Trinajstić information content (AvgIpc) is 2.70. The summed E-state index contributed by atoms with van der Waals surface area (Å²) in [6.45, 7) is 7.93. The molecule has 1 N–H and O–H groups in total. The molecule has 1 aromatic carbocycles. The van der Waals surface area contributed by atoms with Gasteiger partial charge in [0.15, 0.2) is 0 Å². The molecule has 31 heavy (non-hydrogen) atoms. The van der Waals surface area contributed by atoms with Crippen molar-refractivity contribution >= 4 is 17.9 Å². The zero-order chi connectivity index (χ0) is 23.3. The van der Waals surface area contributed by atoms with Crippen LogP contribution in [-0.4, -0.2) is 48.5 Å². The summed E-state index contributed by atoms with van der Waals surface area (Å²) >= 11 is 0. The highest BCUT2D eigenvalue weighted by atomic mass is 16.7. The van der Waals surface area contributed by atoms with E-state index in [0.717, 1.165) is 0 Å². The van der Waals surface area contributed by atoms with Gasteiger partial charge in [0.2, 0.25) is 6.79 Å². The third-order valence-electron chi connectivity index (χ3n) is 5.00. The van der Waals surface area contributed by atoms with Crippen LogP contribution >= 0.6 is 0 Å². The number of allylic oxidation sites excluding steroid dienone is 2. The monoisotopic (exact) mass is 431 g/mol. The van der Waals surface area contributed by atoms with Crippen molar-refractivity contribution in [3.8, 4) is 0 Å². The Bertz CT molecular complexity index is 910. The number of hydrogen-bond acceptors (Lipinski definition) is 7. The van der Waals surface area contributed by atoms with Gasteiger partial charge in [0.25, 0.3) is 0 Å². The number of methoxy groups -OCH3 is 1. The number of carboxylic acids is 1. The van der Waals surface area contributed by atoms with Crippen LogP contribution in [0.4, 0.5) is 0 Å². The van der Waals surface area contributed by atoms with Crippen molar-refractivity contribution in [2.24, 2.45) is 5.41 Å². The molecule has 1 aliphatic rings. The molecule has 0 saturated carbocycles. The Morgan fingerprint density at radius 1 is 1.00 bits per heavy atom. The molecule has 0 radical (unpaired) electrons. The number of carbonyl (C=O) groups excluding carboxylic acids is 2. The van der Waals surface area contributed by atoms with Crippen LogP contribution in [-0.2, 0) is 28.6 Å². The van der Waals surface area contributed by atoms with Gasteiger partial charge in [0.1, 0.15) is 6.73 Å². The third-order valence-corrected chi connectivity index (χ3v) is 5.00. The third kappa shape index (κ3) is 5.32. The summed E-state index contributed by atoms with van der Waals surface area (Å²) in [4.78, 5) is 38.9. The molecular weight excluding hydrogens is 402 g/mol. The van der Waals surface area contributed by atoms with E-state index in [-0.39, 0.29) is 17.9 Å². The first-order chi connectivity index (χ1) is 14.5. The van der Waals surface area contributed by atoms with E-state index in [1.54, 1.807) is 69.9 Å². The average molecular weight is 431 g/mol. The predicted molar refractivity (Wildman–Crippen MR) is 112 cm³/mol. The molecular formula is C23H29NO7. The van der Waals surface area contributed by atoms with E-state index in [1.807, 2.05) is 0 Å². The first-order valence-corrected chi connectivity index (χ1v) is 9.81. The lowest BCUT2D eigenvalue weighted by Gasteiger charge is -2.36. The molecule has 168 valence electrons. The molecule has 1 atom stereocenters. The fourth-order valence-electron chi connectivity index (χ4n) is 3.38. The van der Waals surface area contributed by atoms with E-state index < -0.39 is 36.0 Å². The van der Waals surface area contributed by atoms with E-state index in [0.29, 0.717) is 17.0 Å². The maximum absolute atomic E-state index is 13.1. The molecule has 8 nitrogen and oxygen atoms in total. The highest BCUT2D eigenvalue weighted by Crippen LogP contribution is 2.42. The van der Waals surface area contributed by atoms with Crippen LogP contribution in [0.15, 0.2) is 52.9 Å². The van der Waals surface area contributed by atoms with Crippen molar-refractivity contribution in [2.75, 3.05) is 20.6 Å². The quantitative estimate of drug-likeness (QED) is 0.518. The summed E-state index contributed by atoms with van der Waals surface area (Å²) in [6, 6.07) is 8.87. The Kier molecular flexibility index (Phi) is 7.62. The number of esters is 2. The lowest BCUT2D eigenvalue weighted by Crippen LogP contribution is -2.36. The van der Waals surface area contributed by atoms with Gasteiger partial charge in [-0.3, -0.25) is 4.79 Å². The van der Waals surface area contributed by atoms with Gasteiger partial charge in [-0.1, -0.05) is 30.3 Å². The molecule has 8 heteroatoms. The van der Waals surface area contributed by atoms with Crippen LogP contribution in [0.5, 0.6) is 0 Å². The fraction of sp³-hybridized carbons (Fsp3) is 0.435. The van der Waals surface area contributed by atoms with E-state index in [4.69, 9.17) is 14.2 Å². The normalized spacial score (nSPS) is 17.0. The van der Waals surface area contributed by atoms with Crippen molar-refractivity contribution in [1.29, 1.82) is 0 Å². The van der Waals surface area contributed by atoms with Crippen LogP contribution in [0.1, 0.15) is 46.1 Å². The van der Waals surface area contributed by atoms with Crippen molar-refractivity contribution in [2.45, 2.75) is 40.5 Å².